The van der Waals surface area contributed by atoms with Crippen molar-refractivity contribution < 1.29 is 0 Å². The van der Waals surface area contributed by atoms with E-state index >= 15 is 0 Å². The Morgan fingerprint density at radius 1 is 0.656 bits per heavy atom. The zero-order chi connectivity index (χ0) is 22.2. The molecule has 0 amide bonds. The first kappa shape index (κ1) is 21.3. The van der Waals surface area contributed by atoms with Gasteiger partial charge in [-0.3, -0.25) is 9.98 Å². The summed E-state index contributed by atoms with van der Waals surface area (Å²) in [6.45, 7) is 0. The van der Waals surface area contributed by atoms with Crippen LogP contribution in [0.3, 0.4) is 0 Å². The van der Waals surface area contributed by atoms with E-state index in [9.17, 15) is 0 Å². The van der Waals surface area contributed by atoms with E-state index in [1.165, 1.54) is 0 Å². The monoisotopic (exact) mass is 464 g/mol. The SMILES string of the molecule is Cn1ccc(=NC2CCC(N=c3ccn(C)c4cc(Cl)ccc34)CC2)c2ccc(Cl)cc21. The standard InChI is InChI=1S/C26H26Cl2N4/c1-31-13-11-23(21-9-3-17(27)15-25(21)31)29-19-5-7-20(8-6-19)30-24-12-14-32(2)26-16-18(28)4-10-22(24)26/h3-4,9-16,19-20H,5-8H2,1-2H3. The number of benzene rings is 2. The Labute approximate surface area is 197 Å². The van der Waals surface area contributed by atoms with E-state index in [0.29, 0.717) is 12.1 Å². The van der Waals surface area contributed by atoms with Crippen LogP contribution in [0.5, 0.6) is 0 Å². The van der Waals surface area contributed by atoms with E-state index in [4.69, 9.17) is 33.2 Å². The number of nitrogens with zero attached hydrogens (tertiary/aromatic N) is 4. The quantitative estimate of drug-likeness (QED) is 0.359. The summed E-state index contributed by atoms with van der Waals surface area (Å²) in [5.74, 6) is 0. The molecule has 2 heterocycles. The highest BCUT2D eigenvalue weighted by atomic mass is 35.5. The molecule has 0 N–H and O–H groups in total. The van der Waals surface area contributed by atoms with Crippen molar-refractivity contribution in [2.75, 3.05) is 0 Å². The van der Waals surface area contributed by atoms with Crippen molar-refractivity contribution in [3.63, 3.8) is 0 Å². The third-order valence-electron chi connectivity index (χ3n) is 6.45. The molecule has 0 saturated heterocycles. The summed E-state index contributed by atoms with van der Waals surface area (Å²) in [5, 5.41) is 5.89. The molecular weight excluding hydrogens is 439 g/mol. The lowest BCUT2D eigenvalue weighted by Crippen LogP contribution is -2.24. The molecule has 32 heavy (non-hydrogen) atoms. The Bertz CT molecular complexity index is 1330. The van der Waals surface area contributed by atoms with Gasteiger partial charge in [0.1, 0.15) is 0 Å². The second-order valence-corrected chi connectivity index (χ2v) is 9.54. The summed E-state index contributed by atoms with van der Waals surface area (Å²) in [6.07, 6.45) is 8.32. The molecule has 2 aromatic carbocycles. The average Bonchev–Trinajstić information content (AvgIpc) is 2.79. The van der Waals surface area contributed by atoms with Gasteiger partial charge in [-0.2, -0.15) is 0 Å². The second kappa shape index (κ2) is 8.76. The van der Waals surface area contributed by atoms with Gasteiger partial charge in [0.15, 0.2) is 0 Å². The highest BCUT2D eigenvalue weighted by molar-refractivity contribution is 6.31. The number of aryl methyl sites for hydroxylation is 2. The van der Waals surface area contributed by atoms with Crippen molar-refractivity contribution in [1.82, 2.24) is 9.13 Å². The fourth-order valence-electron chi connectivity index (χ4n) is 4.67. The van der Waals surface area contributed by atoms with Gasteiger partial charge in [-0.25, -0.2) is 0 Å². The Balaban J connectivity index is 1.40. The Morgan fingerprint density at radius 2 is 1.06 bits per heavy atom. The Morgan fingerprint density at radius 3 is 1.47 bits per heavy atom. The molecule has 0 aliphatic heterocycles. The first-order chi connectivity index (χ1) is 15.5. The summed E-state index contributed by atoms with van der Waals surface area (Å²) in [4.78, 5) is 10.2. The van der Waals surface area contributed by atoms with E-state index in [2.05, 4.69) is 45.8 Å². The molecule has 4 nitrogen and oxygen atoms in total. The van der Waals surface area contributed by atoms with E-state index < -0.39 is 0 Å². The average molecular weight is 465 g/mol. The van der Waals surface area contributed by atoms with Gasteiger partial charge < -0.3 is 9.13 Å². The maximum absolute atomic E-state index is 6.21. The number of aromatic nitrogens is 2. The number of halogens is 2. The summed E-state index contributed by atoms with van der Waals surface area (Å²) in [7, 11) is 4.08. The number of pyridine rings is 2. The smallest absolute Gasteiger partial charge is 0.0685 e. The largest absolute Gasteiger partial charge is 0.350 e. The molecule has 4 aromatic rings. The summed E-state index contributed by atoms with van der Waals surface area (Å²) in [5.41, 5.74) is 2.21. The molecule has 6 heteroatoms. The van der Waals surface area contributed by atoms with Crippen LogP contribution in [0.1, 0.15) is 25.7 Å². The molecular formula is C26H26Cl2N4. The number of hydrogen-bond acceptors (Lipinski definition) is 2. The van der Waals surface area contributed by atoms with Crippen molar-refractivity contribution in [2.24, 2.45) is 24.1 Å². The van der Waals surface area contributed by atoms with Crippen LogP contribution in [0.2, 0.25) is 10.0 Å². The van der Waals surface area contributed by atoms with Crippen molar-refractivity contribution in [3.8, 4) is 0 Å². The highest BCUT2D eigenvalue weighted by Gasteiger charge is 2.20. The van der Waals surface area contributed by atoms with Crippen molar-refractivity contribution in [3.05, 3.63) is 81.7 Å². The minimum absolute atomic E-state index is 0.331. The van der Waals surface area contributed by atoms with Gasteiger partial charge >= 0.3 is 0 Å². The number of fused-ring (bicyclic) bond motifs is 2. The maximum Gasteiger partial charge on any atom is 0.0685 e. The topological polar surface area (TPSA) is 34.6 Å². The van der Waals surface area contributed by atoms with Crippen molar-refractivity contribution >= 4 is 45.0 Å². The Hall–Kier alpha value is -2.56. The lowest BCUT2D eigenvalue weighted by atomic mass is 9.92. The van der Waals surface area contributed by atoms with Crippen LogP contribution < -0.4 is 10.7 Å². The molecule has 0 bridgehead atoms. The van der Waals surface area contributed by atoms with E-state index in [1.807, 2.05) is 38.4 Å². The molecule has 164 valence electrons. The predicted molar refractivity (Wildman–Crippen MR) is 133 cm³/mol. The van der Waals surface area contributed by atoms with Gasteiger partial charge in [-0.1, -0.05) is 23.2 Å². The minimum Gasteiger partial charge on any atom is -0.350 e. The maximum atomic E-state index is 6.21. The van der Waals surface area contributed by atoms with Crippen LogP contribution in [0.4, 0.5) is 0 Å². The molecule has 0 atom stereocenters. The molecule has 2 aromatic heterocycles. The lowest BCUT2D eigenvalue weighted by Gasteiger charge is -2.23. The molecule has 1 aliphatic carbocycles. The van der Waals surface area contributed by atoms with Crippen LogP contribution in [-0.4, -0.2) is 21.2 Å². The van der Waals surface area contributed by atoms with Crippen LogP contribution in [0.25, 0.3) is 21.8 Å². The molecule has 1 fully saturated rings. The third kappa shape index (κ3) is 4.22. The second-order valence-electron chi connectivity index (χ2n) is 8.67. The van der Waals surface area contributed by atoms with Gasteiger partial charge in [0.05, 0.1) is 33.8 Å². The van der Waals surface area contributed by atoms with Crippen LogP contribution in [0.15, 0.2) is 70.9 Å². The fourth-order valence-corrected chi connectivity index (χ4v) is 5.00. The summed E-state index contributed by atoms with van der Waals surface area (Å²) >= 11 is 12.4. The molecule has 1 aliphatic rings. The normalized spacial score (nSPS) is 20.4. The predicted octanol–water partition coefficient (Wildman–Crippen LogP) is 5.79. The first-order valence-electron chi connectivity index (χ1n) is 11.1. The molecule has 0 spiro atoms. The number of rotatable bonds is 2. The molecule has 0 unspecified atom stereocenters. The zero-order valence-corrected chi connectivity index (χ0v) is 19.8. The lowest BCUT2D eigenvalue weighted by molar-refractivity contribution is 0.389. The van der Waals surface area contributed by atoms with Gasteiger partial charge in [-0.05, 0) is 74.2 Å². The Kier molecular flexibility index (Phi) is 5.83. The van der Waals surface area contributed by atoms with Crippen molar-refractivity contribution in [1.29, 1.82) is 0 Å². The molecule has 5 rings (SSSR count). The highest BCUT2D eigenvalue weighted by Crippen LogP contribution is 2.24. The van der Waals surface area contributed by atoms with E-state index in [-0.39, 0.29) is 0 Å². The van der Waals surface area contributed by atoms with Gasteiger partial charge in [0.25, 0.3) is 0 Å². The van der Waals surface area contributed by atoms with Gasteiger partial charge in [0.2, 0.25) is 0 Å². The molecule has 1 saturated carbocycles. The third-order valence-corrected chi connectivity index (χ3v) is 6.92. The first-order valence-corrected chi connectivity index (χ1v) is 11.8. The van der Waals surface area contributed by atoms with Gasteiger partial charge in [-0.15, -0.1) is 0 Å². The fraction of sp³-hybridized carbons (Fsp3) is 0.308. The van der Waals surface area contributed by atoms with Gasteiger partial charge in [0, 0.05) is 47.3 Å². The zero-order valence-electron chi connectivity index (χ0n) is 18.3. The molecule has 0 radical (unpaired) electrons. The summed E-state index contributed by atoms with van der Waals surface area (Å²) < 4.78 is 4.18. The van der Waals surface area contributed by atoms with E-state index in [0.717, 1.165) is 68.2 Å². The van der Waals surface area contributed by atoms with Crippen LogP contribution >= 0.6 is 23.2 Å². The van der Waals surface area contributed by atoms with Crippen LogP contribution in [0, 0.1) is 0 Å². The van der Waals surface area contributed by atoms with Crippen LogP contribution in [-0.2, 0) is 14.1 Å². The van der Waals surface area contributed by atoms with E-state index in [1.54, 1.807) is 0 Å². The number of hydrogen-bond donors (Lipinski definition) is 0. The van der Waals surface area contributed by atoms with Crippen molar-refractivity contribution in [2.45, 2.75) is 37.8 Å². The minimum atomic E-state index is 0.331. The summed E-state index contributed by atoms with van der Waals surface area (Å²) in [6, 6.07) is 16.9.